The third kappa shape index (κ3) is 3.03. The molecule has 3 aromatic carbocycles. The summed E-state index contributed by atoms with van der Waals surface area (Å²) in [7, 11) is 0. The van der Waals surface area contributed by atoms with Crippen LogP contribution >= 0.6 is 15.9 Å². The van der Waals surface area contributed by atoms with E-state index in [0.717, 1.165) is 37.8 Å². The molecule has 0 bridgehead atoms. The van der Waals surface area contributed by atoms with Gasteiger partial charge in [-0.25, -0.2) is 4.99 Å². The fourth-order valence-electron chi connectivity index (χ4n) is 2.61. The Kier molecular flexibility index (Phi) is 4.01. The summed E-state index contributed by atoms with van der Waals surface area (Å²) in [6, 6.07) is 28.0. The Morgan fingerprint density at radius 2 is 1.46 bits per heavy atom. The number of benzene rings is 3. The van der Waals surface area contributed by atoms with E-state index in [1.165, 1.54) is 0 Å². The van der Waals surface area contributed by atoms with Crippen LogP contribution in [0.5, 0.6) is 0 Å². The largest absolute Gasteiger partial charge is 0.456 e. The summed E-state index contributed by atoms with van der Waals surface area (Å²) in [5, 5.41) is 1.90. The van der Waals surface area contributed by atoms with E-state index in [2.05, 4.69) is 15.9 Å². The second-order valence-corrected chi connectivity index (χ2v) is 6.36. The second kappa shape index (κ2) is 6.46. The molecule has 0 saturated heterocycles. The maximum atomic E-state index is 6.08. The molecule has 4 rings (SSSR count). The Hall–Kier alpha value is -2.65. The molecule has 116 valence electrons. The molecular formula is C21H14BrNO. The van der Waals surface area contributed by atoms with Crippen LogP contribution in [-0.2, 0) is 0 Å². The summed E-state index contributed by atoms with van der Waals surface area (Å²) >= 11 is 3.46. The number of hydrogen-bond acceptors (Lipinski definition) is 2. The van der Waals surface area contributed by atoms with Crippen molar-refractivity contribution >= 4 is 32.6 Å². The molecule has 0 fully saturated rings. The second-order valence-electron chi connectivity index (χ2n) is 5.45. The highest BCUT2D eigenvalue weighted by molar-refractivity contribution is 9.10. The van der Waals surface area contributed by atoms with E-state index in [0.29, 0.717) is 0 Å². The summed E-state index contributed by atoms with van der Waals surface area (Å²) in [5.41, 5.74) is 2.78. The van der Waals surface area contributed by atoms with Gasteiger partial charge in [0.05, 0.1) is 11.0 Å². The van der Waals surface area contributed by atoms with Crippen LogP contribution in [0.2, 0.25) is 0 Å². The maximum Gasteiger partial charge on any atom is 0.136 e. The predicted octanol–water partition coefficient (Wildman–Crippen LogP) is 6.09. The van der Waals surface area contributed by atoms with Gasteiger partial charge in [0.2, 0.25) is 0 Å². The van der Waals surface area contributed by atoms with Crippen molar-refractivity contribution in [2.45, 2.75) is 0 Å². The van der Waals surface area contributed by atoms with Gasteiger partial charge in [-0.05, 0) is 36.4 Å². The Labute approximate surface area is 148 Å². The van der Waals surface area contributed by atoms with Gasteiger partial charge < -0.3 is 4.42 Å². The summed E-state index contributed by atoms with van der Waals surface area (Å²) in [6.45, 7) is 0. The minimum absolute atomic E-state index is 0.810. The van der Waals surface area contributed by atoms with Crippen LogP contribution in [0, 0.1) is 0 Å². The molecular weight excluding hydrogens is 362 g/mol. The molecule has 0 amide bonds. The first-order chi connectivity index (χ1) is 11.8. The molecule has 2 nitrogen and oxygen atoms in total. The van der Waals surface area contributed by atoms with E-state index in [1.54, 1.807) is 0 Å². The molecule has 0 N–H and O–H groups in total. The lowest BCUT2D eigenvalue weighted by Crippen LogP contribution is -2.02. The van der Waals surface area contributed by atoms with Gasteiger partial charge >= 0.3 is 0 Å². The summed E-state index contributed by atoms with van der Waals surface area (Å²) < 4.78 is 7.12. The number of hydrogen-bond donors (Lipinski definition) is 0. The Bertz CT molecular complexity index is 1050. The molecule has 0 unspecified atom stereocenters. The van der Waals surface area contributed by atoms with Crippen LogP contribution in [-0.4, -0.2) is 0 Å². The molecule has 24 heavy (non-hydrogen) atoms. The van der Waals surface area contributed by atoms with Crippen molar-refractivity contribution in [3.63, 3.8) is 0 Å². The molecule has 0 aliphatic carbocycles. The molecule has 0 spiro atoms. The standard InChI is InChI=1S/C21H14BrNO/c22-16-10-12-17(13-11-16)23-19-14-21(15-6-2-1-3-7-15)24-20-9-5-4-8-18(19)20/h1-14H. The Morgan fingerprint density at radius 3 is 2.25 bits per heavy atom. The van der Waals surface area contributed by atoms with Crippen molar-refractivity contribution in [1.29, 1.82) is 0 Å². The van der Waals surface area contributed by atoms with Gasteiger partial charge in [-0.15, -0.1) is 0 Å². The average Bonchev–Trinajstić information content (AvgIpc) is 2.64. The number of para-hydroxylation sites is 1. The van der Waals surface area contributed by atoms with E-state index in [9.17, 15) is 0 Å². The minimum Gasteiger partial charge on any atom is -0.456 e. The van der Waals surface area contributed by atoms with Gasteiger partial charge in [-0.3, -0.25) is 0 Å². The molecule has 0 radical (unpaired) electrons. The highest BCUT2D eigenvalue weighted by atomic mass is 79.9. The van der Waals surface area contributed by atoms with E-state index < -0.39 is 0 Å². The first-order valence-electron chi connectivity index (χ1n) is 7.68. The lowest BCUT2D eigenvalue weighted by atomic mass is 10.1. The highest BCUT2D eigenvalue weighted by Crippen LogP contribution is 2.23. The van der Waals surface area contributed by atoms with E-state index >= 15 is 0 Å². The van der Waals surface area contributed by atoms with Gasteiger partial charge in [0, 0.05) is 21.5 Å². The number of nitrogens with zero attached hydrogens (tertiary/aromatic N) is 1. The minimum atomic E-state index is 0.810. The number of rotatable bonds is 2. The van der Waals surface area contributed by atoms with Crippen LogP contribution in [0.1, 0.15) is 0 Å². The van der Waals surface area contributed by atoms with Crippen molar-refractivity contribution in [3.05, 3.63) is 94.8 Å². The maximum absolute atomic E-state index is 6.08. The quantitative estimate of drug-likeness (QED) is 0.415. The SMILES string of the molecule is Brc1ccc(N=c2cc(-c3ccccc3)oc3ccccc23)cc1. The highest BCUT2D eigenvalue weighted by Gasteiger charge is 2.05. The van der Waals surface area contributed by atoms with Crippen molar-refractivity contribution in [2.75, 3.05) is 0 Å². The lowest BCUT2D eigenvalue weighted by Gasteiger charge is -2.05. The van der Waals surface area contributed by atoms with Crippen molar-refractivity contribution in [2.24, 2.45) is 4.99 Å². The van der Waals surface area contributed by atoms with Crippen molar-refractivity contribution in [3.8, 4) is 11.3 Å². The molecule has 0 atom stereocenters. The van der Waals surface area contributed by atoms with Crippen LogP contribution < -0.4 is 5.36 Å². The first-order valence-corrected chi connectivity index (χ1v) is 8.47. The third-order valence-electron chi connectivity index (χ3n) is 3.79. The summed E-state index contributed by atoms with van der Waals surface area (Å²) in [5.74, 6) is 0.810. The molecule has 0 aliphatic rings. The van der Waals surface area contributed by atoms with Crippen LogP contribution in [0.25, 0.3) is 22.3 Å². The fourth-order valence-corrected chi connectivity index (χ4v) is 2.87. The molecule has 3 heteroatoms. The average molecular weight is 376 g/mol. The summed E-state index contributed by atoms with van der Waals surface area (Å²) in [4.78, 5) is 4.82. The molecule has 1 heterocycles. The van der Waals surface area contributed by atoms with Crippen molar-refractivity contribution < 1.29 is 4.42 Å². The number of halogens is 1. The van der Waals surface area contributed by atoms with E-state index in [-0.39, 0.29) is 0 Å². The van der Waals surface area contributed by atoms with Gasteiger partial charge in [0.15, 0.2) is 0 Å². The molecule has 4 aromatic rings. The Morgan fingerprint density at radius 1 is 0.750 bits per heavy atom. The van der Waals surface area contributed by atoms with Crippen molar-refractivity contribution in [1.82, 2.24) is 0 Å². The van der Waals surface area contributed by atoms with E-state index in [1.807, 2.05) is 84.9 Å². The van der Waals surface area contributed by atoms with Gasteiger partial charge in [0.25, 0.3) is 0 Å². The van der Waals surface area contributed by atoms with E-state index in [4.69, 9.17) is 9.41 Å². The van der Waals surface area contributed by atoms with Gasteiger partial charge in [0.1, 0.15) is 11.3 Å². The van der Waals surface area contributed by atoms with Crippen LogP contribution in [0.15, 0.2) is 98.8 Å². The first kappa shape index (κ1) is 14.9. The molecule has 1 aromatic heterocycles. The third-order valence-corrected chi connectivity index (χ3v) is 4.31. The van der Waals surface area contributed by atoms with Gasteiger partial charge in [-0.1, -0.05) is 58.4 Å². The molecule has 0 aliphatic heterocycles. The number of fused-ring (bicyclic) bond motifs is 1. The monoisotopic (exact) mass is 375 g/mol. The Balaban J connectivity index is 1.98. The van der Waals surface area contributed by atoms with Crippen LogP contribution in [0.4, 0.5) is 5.69 Å². The zero-order valence-electron chi connectivity index (χ0n) is 12.8. The van der Waals surface area contributed by atoms with Crippen LogP contribution in [0.3, 0.4) is 0 Å². The lowest BCUT2D eigenvalue weighted by molar-refractivity contribution is 0.618. The predicted molar refractivity (Wildman–Crippen MR) is 101 cm³/mol. The summed E-state index contributed by atoms with van der Waals surface area (Å²) in [6.07, 6.45) is 0. The zero-order chi connectivity index (χ0) is 16.4. The zero-order valence-corrected chi connectivity index (χ0v) is 14.4. The van der Waals surface area contributed by atoms with Gasteiger partial charge in [-0.2, -0.15) is 0 Å². The fraction of sp³-hybridized carbons (Fsp3) is 0. The normalized spacial score (nSPS) is 11.8. The molecule has 0 saturated carbocycles. The smallest absolute Gasteiger partial charge is 0.136 e. The topological polar surface area (TPSA) is 25.5 Å².